The van der Waals surface area contributed by atoms with Crippen molar-refractivity contribution >= 4 is 22.9 Å². The molecule has 0 radical (unpaired) electrons. The Balaban J connectivity index is 2.80. The van der Waals surface area contributed by atoms with Crippen LogP contribution in [0, 0.1) is 6.92 Å². The lowest BCUT2D eigenvalue weighted by Gasteiger charge is -2.26. The van der Waals surface area contributed by atoms with Gasteiger partial charge in [0.2, 0.25) is 0 Å². The van der Waals surface area contributed by atoms with Crippen LogP contribution in [0.2, 0.25) is 0 Å². The predicted molar refractivity (Wildman–Crippen MR) is 66.7 cm³/mol. The van der Waals surface area contributed by atoms with E-state index in [2.05, 4.69) is 5.32 Å². The number of nitrogen functional groups attached to an aromatic ring is 1. The van der Waals surface area contributed by atoms with E-state index in [4.69, 9.17) is 5.73 Å². The molecule has 0 fully saturated rings. The lowest BCUT2D eigenvalue weighted by Crippen LogP contribution is -2.48. The number of aryl methyl sites for hydroxylation is 1. The fraction of sp³-hybridized carbons (Fsp3) is 0.545. The zero-order chi connectivity index (χ0) is 12.3. The fourth-order valence-electron chi connectivity index (χ4n) is 1.18. The second-order valence-corrected chi connectivity index (χ2v) is 5.40. The number of thiophene rings is 1. The van der Waals surface area contributed by atoms with Crippen LogP contribution in [0.4, 0.5) is 5.69 Å². The van der Waals surface area contributed by atoms with Crippen LogP contribution < -0.4 is 11.1 Å². The highest BCUT2D eigenvalue weighted by molar-refractivity contribution is 7.14. The predicted octanol–water partition coefficient (Wildman–Crippen LogP) is 1.53. The third-order valence-corrected chi connectivity index (χ3v) is 3.79. The number of nitrogens with one attached hydrogen (secondary N) is 1. The second kappa shape index (κ2) is 4.84. The van der Waals surface area contributed by atoms with Gasteiger partial charge in [-0.15, -0.1) is 11.3 Å². The van der Waals surface area contributed by atoms with Gasteiger partial charge in [-0.2, -0.15) is 0 Å². The Morgan fingerprint density at radius 3 is 2.69 bits per heavy atom. The van der Waals surface area contributed by atoms with E-state index in [0.717, 1.165) is 4.88 Å². The number of amides is 1. The molecule has 5 heteroatoms. The Bertz CT molecular complexity index is 364. The smallest absolute Gasteiger partial charge is 0.261 e. The molecule has 0 spiro atoms. The van der Waals surface area contributed by atoms with Crippen LogP contribution in [0.5, 0.6) is 0 Å². The van der Waals surface area contributed by atoms with E-state index in [-0.39, 0.29) is 12.5 Å². The maximum Gasteiger partial charge on any atom is 0.261 e. The first-order valence-corrected chi connectivity index (χ1v) is 6.03. The van der Waals surface area contributed by atoms with Gasteiger partial charge in [0.15, 0.2) is 0 Å². The molecule has 0 aliphatic rings. The van der Waals surface area contributed by atoms with Gasteiger partial charge in [-0.25, -0.2) is 0 Å². The van der Waals surface area contributed by atoms with Crippen molar-refractivity contribution in [2.24, 2.45) is 0 Å². The van der Waals surface area contributed by atoms with Crippen molar-refractivity contribution in [2.75, 3.05) is 12.3 Å². The van der Waals surface area contributed by atoms with Crippen molar-refractivity contribution in [1.29, 1.82) is 0 Å². The van der Waals surface area contributed by atoms with Gasteiger partial charge in [0, 0.05) is 10.6 Å². The molecule has 90 valence electrons. The van der Waals surface area contributed by atoms with Gasteiger partial charge in [0.25, 0.3) is 5.91 Å². The number of carbonyl (C=O) groups excluding carboxylic acids is 1. The molecule has 0 aromatic carbocycles. The molecular formula is C11H18N2O2S. The normalized spacial score (nSPS) is 14.5. The van der Waals surface area contributed by atoms with Crippen LogP contribution >= 0.6 is 11.3 Å². The van der Waals surface area contributed by atoms with Crippen molar-refractivity contribution in [3.8, 4) is 0 Å². The lowest BCUT2D eigenvalue weighted by molar-refractivity contribution is 0.0851. The molecule has 0 saturated carbocycles. The number of rotatable bonds is 4. The molecule has 1 atom stereocenters. The molecule has 1 rings (SSSR count). The van der Waals surface area contributed by atoms with E-state index < -0.39 is 5.54 Å². The van der Waals surface area contributed by atoms with Crippen molar-refractivity contribution in [1.82, 2.24) is 5.32 Å². The average molecular weight is 242 g/mol. The highest BCUT2D eigenvalue weighted by Gasteiger charge is 2.24. The first kappa shape index (κ1) is 13.0. The summed E-state index contributed by atoms with van der Waals surface area (Å²) in [5.41, 5.74) is 5.76. The number of anilines is 1. The molecule has 0 bridgehead atoms. The maximum atomic E-state index is 11.9. The van der Waals surface area contributed by atoms with Crippen molar-refractivity contribution in [2.45, 2.75) is 32.7 Å². The van der Waals surface area contributed by atoms with E-state index >= 15 is 0 Å². The topological polar surface area (TPSA) is 75.3 Å². The number of carbonyl (C=O) groups is 1. The van der Waals surface area contributed by atoms with Crippen LogP contribution in [-0.2, 0) is 0 Å². The van der Waals surface area contributed by atoms with Gasteiger partial charge in [0.1, 0.15) is 0 Å². The summed E-state index contributed by atoms with van der Waals surface area (Å²) in [5.74, 6) is -0.178. The molecule has 1 unspecified atom stereocenters. The highest BCUT2D eigenvalue weighted by Crippen LogP contribution is 2.24. The van der Waals surface area contributed by atoms with Crippen molar-refractivity contribution in [3.63, 3.8) is 0 Å². The van der Waals surface area contributed by atoms with Gasteiger partial charge in [-0.1, -0.05) is 6.92 Å². The van der Waals surface area contributed by atoms with Crippen LogP contribution in [-0.4, -0.2) is 23.2 Å². The third-order valence-electron chi connectivity index (χ3n) is 2.72. The lowest BCUT2D eigenvalue weighted by atomic mass is 10.0. The Hall–Kier alpha value is -1.07. The molecule has 1 heterocycles. The Labute approximate surface area is 99.5 Å². The van der Waals surface area contributed by atoms with Crippen molar-refractivity contribution < 1.29 is 9.90 Å². The van der Waals surface area contributed by atoms with Crippen molar-refractivity contribution in [3.05, 3.63) is 15.8 Å². The van der Waals surface area contributed by atoms with Gasteiger partial charge < -0.3 is 16.2 Å². The molecule has 0 aliphatic carbocycles. The fourth-order valence-corrected chi connectivity index (χ4v) is 2.02. The standard InChI is InChI=1S/C11H18N2O2S/c1-4-11(3,6-14)13-10(15)9-5-8(12)7(2)16-9/h5,14H,4,6,12H2,1-3H3,(H,13,15). The molecule has 0 aliphatic heterocycles. The van der Waals surface area contributed by atoms with E-state index in [1.165, 1.54) is 11.3 Å². The molecule has 1 aromatic rings. The summed E-state index contributed by atoms with van der Waals surface area (Å²) in [6.07, 6.45) is 0.676. The number of aliphatic hydroxyl groups is 1. The first-order valence-electron chi connectivity index (χ1n) is 5.21. The SMILES string of the molecule is CCC(C)(CO)NC(=O)c1cc(N)c(C)s1. The summed E-state index contributed by atoms with van der Waals surface area (Å²) in [6, 6.07) is 1.67. The number of hydrogen-bond acceptors (Lipinski definition) is 4. The van der Waals surface area contributed by atoms with E-state index in [0.29, 0.717) is 17.0 Å². The number of aliphatic hydroxyl groups excluding tert-OH is 1. The van der Waals surface area contributed by atoms with Gasteiger partial charge in [0.05, 0.1) is 17.0 Å². The quantitative estimate of drug-likeness (QED) is 0.749. The molecule has 4 N–H and O–H groups in total. The Kier molecular flexibility index (Phi) is 3.93. The van der Waals surface area contributed by atoms with Crippen LogP contribution in [0.3, 0.4) is 0 Å². The minimum absolute atomic E-state index is 0.0743. The molecule has 16 heavy (non-hydrogen) atoms. The number of hydrogen-bond donors (Lipinski definition) is 3. The number of nitrogens with two attached hydrogens (primary N) is 1. The highest BCUT2D eigenvalue weighted by atomic mass is 32.1. The summed E-state index contributed by atoms with van der Waals surface area (Å²) in [5, 5.41) is 12.0. The zero-order valence-corrected chi connectivity index (χ0v) is 10.6. The molecule has 1 aromatic heterocycles. The minimum atomic E-state index is -0.566. The molecule has 0 saturated heterocycles. The Morgan fingerprint density at radius 2 is 2.31 bits per heavy atom. The molecule has 1 amide bonds. The molecule has 4 nitrogen and oxygen atoms in total. The monoisotopic (exact) mass is 242 g/mol. The Morgan fingerprint density at radius 1 is 1.69 bits per heavy atom. The van der Waals surface area contributed by atoms with E-state index in [1.807, 2.05) is 20.8 Å². The van der Waals surface area contributed by atoms with Gasteiger partial charge in [-0.05, 0) is 26.3 Å². The van der Waals surface area contributed by atoms with Crippen LogP contribution in [0.15, 0.2) is 6.07 Å². The summed E-state index contributed by atoms with van der Waals surface area (Å²) in [7, 11) is 0. The van der Waals surface area contributed by atoms with E-state index in [1.54, 1.807) is 6.07 Å². The minimum Gasteiger partial charge on any atom is -0.398 e. The summed E-state index contributed by atoms with van der Waals surface area (Å²) < 4.78 is 0. The van der Waals surface area contributed by atoms with E-state index in [9.17, 15) is 9.90 Å². The van der Waals surface area contributed by atoms with Crippen LogP contribution in [0.1, 0.15) is 34.8 Å². The van der Waals surface area contributed by atoms with Gasteiger partial charge in [-0.3, -0.25) is 4.79 Å². The third kappa shape index (κ3) is 2.74. The maximum absolute atomic E-state index is 11.9. The zero-order valence-electron chi connectivity index (χ0n) is 9.83. The van der Waals surface area contributed by atoms with Gasteiger partial charge >= 0.3 is 0 Å². The second-order valence-electron chi connectivity index (χ2n) is 4.15. The van der Waals surface area contributed by atoms with Crippen LogP contribution in [0.25, 0.3) is 0 Å². The summed E-state index contributed by atoms with van der Waals surface area (Å²) in [6.45, 7) is 5.54. The molecular weight excluding hydrogens is 224 g/mol. The largest absolute Gasteiger partial charge is 0.398 e. The summed E-state index contributed by atoms with van der Waals surface area (Å²) in [4.78, 5) is 13.4. The summed E-state index contributed by atoms with van der Waals surface area (Å²) >= 11 is 1.37. The average Bonchev–Trinajstić information content (AvgIpc) is 2.59. The first-order chi connectivity index (χ1) is 7.41.